The number of nitrogens with zero attached hydrogens (tertiary/aromatic N) is 1. The molecule has 1 saturated heterocycles. The zero-order valence-electron chi connectivity index (χ0n) is 23.9. The smallest absolute Gasteiger partial charge is 0.295 e. The fraction of sp³-hybridized carbons (Fsp3) is 0.484. The Labute approximate surface area is 236 Å². The quantitative estimate of drug-likeness (QED) is 0.176. The number of rotatable bonds is 13. The molecule has 2 aromatic carbocycles. The van der Waals surface area contributed by atoms with Gasteiger partial charge in [-0.2, -0.15) is 0 Å². The molecule has 0 radical (unpaired) electrons. The Bertz CT molecular complexity index is 1240. The molecule has 9 nitrogen and oxygen atoms in total. The van der Waals surface area contributed by atoms with Crippen LogP contribution in [-0.4, -0.2) is 69.7 Å². The summed E-state index contributed by atoms with van der Waals surface area (Å²) in [5.41, 5.74) is 0.819. The van der Waals surface area contributed by atoms with Crippen molar-refractivity contribution >= 4 is 17.4 Å². The SMILES string of the molecule is CCCCOc1ccc(C2/C(=C(\[O-])c3ccc4c(c3)OCCO4)C(=O)C(=O)N2CCC[NH+](CC)CC)cc1OC. The number of benzene rings is 2. The molecule has 1 amide bonds. The standard InChI is InChI=1S/C31H40N2O7/c1-5-8-16-38-23-12-10-21(19-25(23)37-4)28-27(29(34)22-11-13-24-26(20-22)40-18-17-39-24)30(35)31(36)33(28)15-9-14-32(6-2)7-3/h10-13,19-20,28,34H,5-9,14-18H2,1-4H3/b29-27+. The summed E-state index contributed by atoms with van der Waals surface area (Å²) in [5, 5.41) is 13.9. The van der Waals surface area contributed by atoms with Gasteiger partial charge < -0.3 is 33.9 Å². The summed E-state index contributed by atoms with van der Waals surface area (Å²) in [6.45, 7) is 10.8. The summed E-state index contributed by atoms with van der Waals surface area (Å²) in [4.78, 5) is 29.8. The van der Waals surface area contributed by atoms with Gasteiger partial charge in [0, 0.05) is 18.5 Å². The molecule has 2 aliphatic heterocycles. The lowest BCUT2D eigenvalue weighted by atomic mass is 9.94. The van der Waals surface area contributed by atoms with Crippen LogP contribution in [0.1, 0.15) is 57.2 Å². The third kappa shape index (κ3) is 6.20. The van der Waals surface area contributed by atoms with Crippen LogP contribution < -0.4 is 29.0 Å². The molecule has 1 atom stereocenters. The summed E-state index contributed by atoms with van der Waals surface area (Å²) in [6.07, 6.45) is 2.60. The molecule has 0 bridgehead atoms. The van der Waals surface area contributed by atoms with E-state index in [0.717, 1.165) is 32.5 Å². The van der Waals surface area contributed by atoms with Gasteiger partial charge in [0.05, 0.1) is 39.4 Å². The molecule has 0 saturated carbocycles. The molecule has 2 aliphatic rings. The van der Waals surface area contributed by atoms with Gasteiger partial charge in [-0.15, -0.1) is 0 Å². The first-order valence-corrected chi connectivity index (χ1v) is 14.2. The van der Waals surface area contributed by atoms with E-state index in [1.54, 1.807) is 43.5 Å². The van der Waals surface area contributed by atoms with Crippen molar-refractivity contribution in [3.8, 4) is 23.0 Å². The number of fused-ring (bicyclic) bond motifs is 1. The lowest BCUT2D eigenvalue weighted by Crippen LogP contribution is -3.11. The molecule has 1 N–H and O–H groups in total. The molecular weight excluding hydrogens is 512 g/mol. The van der Waals surface area contributed by atoms with Gasteiger partial charge >= 0.3 is 0 Å². The lowest BCUT2D eigenvalue weighted by molar-refractivity contribution is -0.896. The molecule has 0 aliphatic carbocycles. The van der Waals surface area contributed by atoms with Crippen molar-refractivity contribution in [3.05, 3.63) is 53.1 Å². The molecule has 4 rings (SSSR count). The van der Waals surface area contributed by atoms with Crippen LogP contribution in [-0.2, 0) is 9.59 Å². The van der Waals surface area contributed by atoms with Crippen LogP contribution in [0.15, 0.2) is 42.0 Å². The van der Waals surface area contributed by atoms with Crippen LogP contribution in [0, 0.1) is 0 Å². The zero-order valence-corrected chi connectivity index (χ0v) is 23.9. The molecule has 2 heterocycles. The lowest BCUT2D eigenvalue weighted by Gasteiger charge is -2.29. The number of ketones is 1. The van der Waals surface area contributed by atoms with E-state index in [9.17, 15) is 14.7 Å². The third-order valence-electron chi connectivity index (χ3n) is 7.52. The van der Waals surface area contributed by atoms with E-state index >= 15 is 0 Å². The number of carbonyl (C=O) groups is 2. The number of likely N-dealkylation sites (tertiary alicyclic amines) is 1. The van der Waals surface area contributed by atoms with Gasteiger partial charge in [0.25, 0.3) is 5.91 Å². The summed E-state index contributed by atoms with van der Waals surface area (Å²) in [7, 11) is 1.55. The molecule has 1 unspecified atom stereocenters. The first-order valence-electron chi connectivity index (χ1n) is 14.2. The van der Waals surface area contributed by atoms with E-state index in [2.05, 4.69) is 20.8 Å². The molecule has 9 heteroatoms. The summed E-state index contributed by atoms with van der Waals surface area (Å²) in [5.74, 6) is 0.109. The second-order valence-electron chi connectivity index (χ2n) is 10.0. The molecule has 2 aromatic rings. The van der Waals surface area contributed by atoms with E-state index in [1.165, 1.54) is 9.80 Å². The van der Waals surface area contributed by atoms with E-state index in [-0.39, 0.29) is 11.1 Å². The third-order valence-corrected chi connectivity index (χ3v) is 7.52. The summed E-state index contributed by atoms with van der Waals surface area (Å²) < 4.78 is 22.7. The van der Waals surface area contributed by atoms with Crippen LogP contribution >= 0.6 is 0 Å². The molecule has 216 valence electrons. The van der Waals surface area contributed by atoms with E-state index in [0.29, 0.717) is 61.3 Å². The van der Waals surface area contributed by atoms with Crippen LogP contribution in [0.25, 0.3) is 5.76 Å². The van der Waals surface area contributed by atoms with Gasteiger partial charge in [0.15, 0.2) is 23.0 Å². The fourth-order valence-electron chi connectivity index (χ4n) is 5.19. The van der Waals surface area contributed by atoms with Crippen LogP contribution in [0.2, 0.25) is 0 Å². The molecule has 1 fully saturated rings. The van der Waals surface area contributed by atoms with Gasteiger partial charge in [-0.25, -0.2) is 0 Å². The predicted octanol–water partition coefficient (Wildman–Crippen LogP) is 2.18. The van der Waals surface area contributed by atoms with Crippen molar-refractivity contribution in [1.82, 2.24) is 4.90 Å². The van der Waals surface area contributed by atoms with Crippen molar-refractivity contribution in [3.63, 3.8) is 0 Å². The highest BCUT2D eigenvalue weighted by molar-refractivity contribution is 6.46. The Hall–Kier alpha value is -3.72. The van der Waals surface area contributed by atoms with Crippen LogP contribution in [0.3, 0.4) is 0 Å². The van der Waals surface area contributed by atoms with E-state index in [4.69, 9.17) is 18.9 Å². The number of methoxy groups -OCH3 is 1. The number of Topliss-reactive ketones (excluding diaryl/α,β-unsaturated/α-hetero) is 1. The van der Waals surface area contributed by atoms with Crippen molar-refractivity contribution in [1.29, 1.82) is 0 Å². The number of amides is 1. The van der Waals surface area contributed by atoms with Crippen molar-refractivity contribution in [2.24, 2.45) is 0 Å². The van der Waals surface area contributed by atoms with Crippen molar-refractivity contribution < 1.29 is 38.5 Å². The molecule has 40 heavy (non-hydrogen) atoms. The van der Waals surface area contributed by atoms with E-state index in [1.807, 2.05) is 0 Å². The zero-order chi connectivity index (χ0) is 28.6. The molecule has 0 aromatic heterocycles. The Morgan fingerprint density at radius 1 is 1.00 bits per heavy atom. The van der Waals surface area contributed by atoms with Gasteiger partial charge in [-0.1, -0.05) is 31.2 Å². The summed E-state index contributed by atoms with van der Waals surface area (Å²) in [6, 6.07) is 9.35. The number of carbonyl (C=O) groups excluding carboxylic acids is 2. The normalized spacial score (nSPS) is 17.9. The minimum absolute atomic E-state index is 0.0708. The fourth-order valence-corrected chi connectivity index (χ4v) is 5.19. The van der Waals surface area contributed by atoms with E-state index < -0.39 is 23.5 Å². The van der Waals surface area contributed by atoms with Gasteiger partial charge in [0.2, 0.25) is 5.78 Å². The average molecular weight is 553 g/mol. The number of unbranched alkanes of at least 4 members (excludes halogenated alkanes) is 1. The number of hydrogen-bond acceptors (Lipinski definition) is 7. The summed E-state index contributed by atoms with van der Waals surface area (Å²) >= 11 is 0. The Kier molecular flexibility index (Phi) is 9.93. The number of quaternary nitrogens is 1. The number of hydrogen-bond donors (Lipinski definition) is 1. The van der Waals surface area contributed by atoms with Gasteiger partial charge in [0.1, 0.15) is 13.2 Å². The van der Waals surface area contributed by atoms with Crippen LogP contribution in [0.5, 0.6) is 23.0 Å². The Balaban J connectivity index is 1.75. The minimum atomic E-state index is -0.842. The molecular formula is C31H40N2O7. The van der Waals surface area contributed by atoms with Crippen LogP contribution in [0.4, 0.5) is 0 Å². The highest BCUT2D eigenvalue weighted by atomic mass is 16.6. The van der Waals surface area contributed by atoms with Crippen molar-refractivity contribution in [2.45, 2.75) is 46.1 Å². The second kappa shape index (κ2) is 13.6. The van der Waals surface area contributed by atoms with Crippen molar-refractivity contribution in [2.75, 3.05) is 53.1 Å². The topological polar surface area (TPSA) is 102 Å². The average Bonchev–Trinajstić information content (AvgIpc) is 3.24. The maximum Gasteiger partial charge on any atom is 0.295 e. The number of ether oxygens (including phenoxy) is 4. The predicted molar refractivity (Wildman–Crippen MR) is 149 cm³/mol. The minimum Gasteiger partial charge on any atom is -0.872 e. The Morgan fingerprint density at radius 3 is 2.45 bits per heavy atom. The first kappa shape index (κ1) is 29.3. The number of nitrogens with one attached hydrogen (secondary N) is 1. The van der Waals surface area contributed by atoms with Gasteiger partial charge in [-0.3, -0.25) is 9.59 Å². The highest BCUT2D eigenvalue weighted by Gasteiger charge is 2.44. The molecule has 0 spiro atoms. The monoisotopic (exact) mass is 552 g/mol. The maximum atomic E-state index is 13.9. The first-order chi connectivity index (χ1) is 19.4. The maximum absolute atomic E-state index is 13.9. The largest absolute Gasteiger partial charge is 0.872 e. The van der Waals surface area contributed by atoms with Gasteiger partial charge in [-0.05, 0) is 55.7 Å². The highest BCUT2D eigenvalue weighted by Crippen LogP contribution is 2.42. The second-order valence-corrected chi connectivity index (χ2v) is 10.0. The Morgan fingerprint density at radius 2 is 1.75 bits per heavy atom.